The first kappa shape index (κ1) is 14.5. The van der Waals surface area contributed by atoms with E-state index in [-0.39, 0.29) is 5.92 Å². The maximum atomic E-state index is 10.6. The lowest BCUT2D eigenvalue weighted by Crippen LogP contribution is -2.20. The van der Waals surface area contributed by atoms with Gasteiger partial charge in [-0.3, -0.25) is 4.79 Å². The van der Waals surface area contributed by atoms with Gasteiger partial charge in [0.15, 0.2) is 0 Å². The highest BCUT2D eigenvalue weighted by molar-refractivity contribution is 5.69. The zero-order chi connectivity index (χ0) is 13.4. The Hall–Kier alpha value is -1.55. The van der Waals surface area contributed by atoms with Crippen LogP contribution in [0.4, 0.5) is 0 Å². The van der Waals surface area contributed by atoms with Crippen LogP contribution < -0.4 is 10.1 Å². The summed E-state index contributed by atoms with van der Waals surface area (Å²) in [4.78, 5) is 10.6. The molecule has 18 heavy (non-hydrogen) atoms. The minimum atomic E-state index is -0.738. The minimum Gasteiger partial charge on any atom is -0.494 e. The van der Waals surface area contributed by atoms with Gasteiger partial charge >= 0.3 is 5.97 Å². The molecule has 0 spiro atoms. The summed E-state index contributed by atoms with van der Waals surface area (Å²) in [7, 11) is 0. The summed E-state index contributed by atoms with van der Waals surface area (Å²) in [6.45, 7) is 5.81. The second-order valence-corrected chi connectivity index (χ2v) is 4.28. The van der Waals surface area contributed by atoms with Crippen molar-refractivity contribution < 1.29 is 14.6 Å². The van der Waals surface area contributed by atoms with E-state index in [1.807, 2.05) is 31.2 Å². The fraction of sp³-hybridized carbons (Fsp3) is 0.500. The molecule has 0 aliphatic heterocycles. The number of rotatable bonds is 8. The number of carboxylic acid groups (broad SMARTS) is 1. The molecule has 1 atom stereocenters. The Bertz CT molecular complexity index is 362. The van der Waals surface area contributed by atoms with Crippen LogP contribution in [0.5, 0.6) is 5.75 Å². The Morgan fingerprint density at radius 3 is 2.61 bits per heavy atom. The summed E-state index contributed by atoms with van der Waals surface area (Å²) in [5.74, 6) is -0.156. The van der Waals surface area contributed by atoms with Gasteiger partial charge in [-0.05, 0) is 37.6 Å². The van der Waals surface area contributed by atoms with Crippen LogP contribution in [-0.2, 0) is 11.3 Å². The maximum absolute atomic E-state index is 10.6. The van der Waals surface area contributed by atoms with Crippen molar-refractivity contribution in [1.82, 2.24) is 5.32 Å². The third kappa shape index (κ3) is 5.19. The molecule has 0 fully saturated rings. The second kappa shape index (κ2) is 7.71. The fourth-order valence-corrected chi connectivity index (χ4v) is 1.54. The van der Waals surface area contributed by atoms with Crippen molar-refractivity contribution in [2.45, 2.75) is 26.8 Å². The van der Waals surface area contributed by atoms with Crippen LogP contribution in [0.15, 0.2) is 24.3 Å². The highest BCUT2D eigenvalue weighted by Crippen LogP contribution is 2.11. The molecule has 0 bridgehead atoms. The predicted molar refractivity (Wildman–Crippen MR) is 70.7 cm³/mol. The van der Waals surface area contributed by atoms with Crippen molar-refractivity contribution in [3.8, 4) is 5.75 Å². The summed E-state index contributed by atoms with van der Waals surface area (Å²) in [6, 6.07) is 7.91. The fourth-order valence-electron chi connectivity index (χ4n) is 1.54. The quantitative estimate of drug-likeness (QED) is 0.696. The first-order chi connectivity index (χ1) is 8.63. The molecule has 1 rings (SSSR count). The molecule has 0 saturated heterocycles. The highest BCUT2D eigenvalue weighted by atomic mass is 16.5. The van der Waals surface area contributed by atoms with E-state index >= 15 is 0 Å². The van der Waals surface area contributed by atoms with E-state index in [2.05, 4.69) is 5.32 Å². The molecule has 0 amide bonds. The van der Waals surface area contributed by atoms with E-state index in [0.717, 1.165) is 12.3 Å². The molecule has 2 N–H and O–H groups in total. The third-order valence-corrected chi connectivity index (χ3v) is 2.74. The first-order valence-electron chi connectivity index (χ1n) is 6.28. The van der Waals surface area contributed by atoms with E-state index in [1.54, 1.807) is 6.92 Å². The summed E-state index contributed by atoms with van der Waals surface area (Å²) in [5.41, 5.74) is 1.17. The molecule has 0 heterocycles. The van der Waals surface area contributed by atoms with Gasteiger partial charge in [0.05, 0.1) is 12.5 Å². The third-order valence-electron chi connectivity index (χ3n) is 2.74. The Balaban J connectivity index is 2.25. The molecule has 4 nitrogen and oxygen atoms in total. The van der Waals surface area contributed by atoms with Crippen LogP contribution in [0.2, 0.25) is 0 Å². The SMILES string of the molecule is CCOc1ccc(CNCCC(C)C(=O)O)cc1. The Labute approximate surface area is 108 Å². The smallest absolute Gasteiger partial charge is 0.306 e. The number of aliphatic carboxylic acids is 1. The molecule has 4 heteroatoms. The maximum Gasteiger partial charge on any atom is 0.306 e. The largest absolute Gasteiger partial charge is 0.494 e. The van der Waals surface area contributed by atoms with Crippen LogP contribution in [0.3, 0.4) is 0 Å². The van der Waals surface area contributed by atoms with Gasteiger partial charge in [-0.1, -0.05) is 19.1 Å². The van der Waals surface area contributed by atoms with Gasteiger partial charge < -0.3 is 15.2 Å². The molecule has 0 aromatic heterocycles. The Morgan fingerprint density at radius 1 is 1.39 bits per heavy atom. The molecular formula is C14H21NO3. The van der Waals surface area contributed by atoms with Crippen LogP contribution >= 0.6 is 0 Å². The Morgan fingerprint density at radius 2 is 2.06 bits per heavy atom. The molecule has 1 aromatic rings. The first-order valence-corrected chi connectivity index (χ1v) is 6.28. The normalized spacial score (nSPS) is 12.1. The van der Waals surface area contributed by atoms with Gasteiger partial charge in [-0.25, -0.2) is 0 Å². The number of benzene rings is 1. The zero-order valence-electron chi connectivity index (χ0n) is 11.0. The van der Waals surface area contributed by atoms with Gasteiger partial charge in [0, 0.05) is 6.54 Å². The summed E-state index contributed by atoms with van der Waals surface area (Å²) in [6.07, 6.45) is 0.645. The van der Waals surface area contributed by atoms with E-state index in [1.165, 1.54) is 5.56 Å². The highest BCUT2D eigenvalue weighted by Gasteiger charge is 2.09. The number of carbonyl (C=O) groups is 1. The van der Waals surface area contributed by atoms with E-state index in [0.29, 0.717) is 19.6 Å². The number of carboxylic acids is 1. The number of ether oxygens (including phenoxy) is 1. The van der Waals surface area contributed by atoms with Gasteiger partial charge in [0.25, 0.3) is 0 Å². The molecule has 1 unspecified atom stereocenters. The van der Waals surface area contributed by atoms with E-state index < -0.39 is 5.97 Å². The zero-order valence-corrected chi connectivity index (χ0v) is 11.0. The van der Waals surface area contributed by atoms with E-state index in [4.69, 9.17) is 9.84 Å². The van der Waals surface area contributed by atoms with Crippen LogP contribution in [-0.4, -0.2) is 24.2 Å². The lowest BCUT2D eigenvalue weighted by atomic mass is 10.1. The average molecular weight is 251 g/mol. The molecule has 0 saturated carbocycles. The summed E-state index contributed by atoms with van der Waals surface area (Å²) < 4.78 is 5.36. The lowest BCUT2D eigenvalue weighted by Gasteiger charge is -2.08. The standard InChI is InChI=1S/C14H21NO3/c1-3-18-13-6-4-12(5-7-13)10-15-9-8-11(2)14(16)17/h4-7,11,15H,3,8-10H2,1-2H3,(H,16,17). The van der Waals surface area contributed by atoms with Gasteiger partial charge in [0.2, 0.25) is 0 Å². The van der Waals surface area contributed by atoms with Crippen molar-refractivity contribution >= 4 is 5.97 Å². The minimum absolute atomic E-state index is 0.294. The van der Waals surface area contributed by atoms with E-state index in [9.17, 15) is 4.79 Å². The topological polar surface area (TPSA) is 58.6 Å². The number of hydrogen-bond acceptors (Lipinski definition) is 3. The molecule has 1 aromatic carbocycles. The van der Waals surface area contributed by atoms with Gasteiger partial charge in [-0.15, -0.1) is 0 Å². The molecule has 0 aliphatic rings. The number of nitrogens with one attached hydrogen (secondary N) is 1. The monoisotopic (exact) mass is 251 g/mol. The van der Waals surface area contributed by atoms with Crippen molar-refractivity contribution in [2.24, 2.45) is 5.92 Å². The number of hydrogen-bond donors (Lipinski definition) is 2. The van der Waals surface area contributed by atoms with Gasteiger partial charge in [-0.2, -0.15) is 0 Å². The summed E-state index contributed by atoms with van der Waals surface area (Å²) >= 11 is 0. The predicted octanol–water partition coefficient (Wildman–Crippen LogP) is 2.29. The van der Waals surface area contributed by atoms with Crippen molar-refractivity contribution in [3.63, 3.8) is 0 Å². The van der Waals surface area contributed by atoms with Gasteiger partial charge in [0.1, 0.15) is 5.75 Å². The van der Waals surface area contributed by atoms with Crippen molar-refractivity contribution in [2.75, 3.05) is 13.2 Å². The molecule has 100 valence electrons. The van der Waals surface area contributed by atoms with Crippen LogP contribution in [0.25, 0.3) is 0 Å². The molecule has 0 aliphatic carbocycles. The molecular weight excluding hydrogens is 230 g/mol. The van der Waals surface area contributed by atoms with Crippen LogP contribution in [0, 0.1) is 5.92 Å². The van der Waals surface area contributed by atoms with Crippen molar-refractivity contribution in [1.29, 1.82) is 0 Å². The van der Waals surface area contributed by atoms with Crippen molar-refractivity contribution in [3.05, 3.63) is 29.8 Å². The molecule has 0 radical (unpaired) electrons. The Kier molecular flexibility index (Phi) is 6.22. The average Bonchev–Trinajstić information content (AvgIpc) is 2.36. The second-order valence-electron chi connectivity index (χ2n) is 4.28. The summed E-state index contributed by atoms with van der Waals surface area (Å²) in [5, 5.41) is 12.0. The lowest BCUT2D eigenvalue weighted by molar-refractivity contribution is -0.141. The van der Waals surface area contributed by atoms with Crippen LogP contribution in [0.1, 0.15) is 25.8 Å².